The molecule has 5 nitrogen and oxygen atoms in total. The number of hydrogen-bond acceptors (Lipinski definition) is 4. The van der Waals surface area contributed by atoms with Crippen LogP contribution in [0.5, 0.6) is 0 Å². The predicted molar refractivity (Wildman–Crippen MR) is 54.8 cm³/mol. The van der Waals surface area contributed by atoms with E-state index in [-0.39, 0.29) is 17.9 Å². The number of carbonyl (C=O) groups excluding carboxylic acids is 2. The van der Waals surface area contributed by atoms with Crippen molar-refractivity contribution in [3.8, 4) is 0 Å². The van der Waals surface area contributed by atoms with Crippen molar-refractivity contribution in [2.45, 2.75) is 19.9 Å². The fourth-order valence-electron chi connectivity index (χ4n) is 0.960. The van der Waals surface area contributed by atoms with E-state index in [1.165, 1.54) is 6.92 Å². The zero-order valence-corrected chi connectivity index (χ0v) is 9.26. The highest BCUT2D eigenvalue weighted by Crippen LogP contribution is 1.94. The third-order valence-corrected chi connectivity index (χ3v) is 2.05. The predicted octanol–water partition coefficient (Wildman–Crippen LogP) is -0.811. The SMILES string of the molecule is CNCCN(C)C(C)C(=O)NC(C)=O. The van der Waals surface area contributed by atoms with Crippen LogP contribution in [0, 0.1) is 0 Å². The second-order valence-electron chi connectivity index (χ2n) is 3.31. The highest BCUT2D eigenvalue weighted by molar-refractivity contribution is 5.96. The molecule has 0 aliphatic heterocycles. The average Bonchev–Trinajstić information content (AvgIpc) is 2.11. The summed E-state index contributed by atoms with van der Waals surface area (Å²) >= 11 is 0. The highest BCUT2D eigenvalue weighted by Gasteiger charge is 2.17. The van der Waals surface area contributed by atoms with Crippen LogP contribution in [0.2, 0.25) is 0 Å². The van der Waals surface area contributed by atoms with Gasteiger partial charge >= 0.3 is 0 Å². The van der Waals surface area contributed by atoms with Crippen LogP contribution in [0.25, 0.3) is 0 Å². The lowest BCUT2D eigenvalue weighted by molar-refractivity contribution is -0.132. The van der Waals surface area contributed by atoms with Crippen molar-refractivity contribution in [1.82, 2.24) is 15.5 Å². The van der Waals surface area contributed by atoms with Gasteiger partial charge in [-0.05, 0) is 21.0 Å². The molecule has 0 aromatic heterocycles. The van der Waals surface area contributed by atoms with Crippen LogP contribution in [0.1, 0.15) is 13.8 Å². The lowest BCUT2D eigenvalue weighted by Gasteiger charge is -2.22. The largest absolute Gasteiger partial charge is 0.318 e. The molecule has 0 heterocycles. The minimum Gasteiger partial charge on any atom is -0.318 e. The zero-order chi connectivity index (χ0) is 11.1. The normalized spacial score (nSPS) is 12.6. The molecular weight excluding hydrogens is 182 g/mol. The van der Waals surface area contributed by atoms with E-state index in [1.54, 1.807) is 6.92 Å². The van der Waals surface area contributed by atoms with Crippen molar-refractivity contribution in [2.75, 3.05) is 27.2 Å². The molecule has 82 valence electrons. The number of nitrogens with one attached hydrogen (secondary N) is 2. The van der Waals surface area contributed by atoms with Crippen molar-refractivity contribution < 1.29 is 9.59 Å². The van der Waals surface area contributed by atoms with Gasteiger partial charge in [0.05, 0.1) is 6.04 Å². The number of likely N-dealkylation sites (N-methyl/N-ethyl adjacent to an activating group) is 2. The van der Waals surface area contributed by atoms with Crippen molar-refractivity contribution in [2.24, 2.45) is 0 Å². The molecular formula is C9H19N3O2. The van der Waals surface area contributed by atoms with Crippen LogP contribution in [-0.2, 0) is 9.59 Å². The molecule has 0 aliphatic rings. The number of nitrogens with zero attached hydrogens (tertiary/aromatic N) is 1. The maximum Gasteiger partial charge on any atom is 0.243 e. The lowest BCUT2D eigenvalue weighted by Crippen LogP contribution is -2.46. The minimum atomic E-state index is -0.316. The van der Waals surface area contributed by atoms with Gasteiger partial charge in [-0.3, -0.25) is 19.8 Å². The van der Waals surface area contributed by atoms with Gasteiger partial charge in [-0.1, -0.05) is 0 Å². The molecule has 1 atom stereocenters. The molecule has 1 unspecified atom stereocenters. The summed E-state index contributed by atoms with van der Waals surface area (Å²) in [6.07, 6.45) is 0. The van der Waals surface area contributed by atoms with Crippen LogP contribution >= 0.6 is 0 Å². The fraction of sp³-hybridized carbons (Fsp3) is 0.778. The summed E-state index contributed by atoms with van der Waals surface area (Å²) in [5.41, 5.74) is 0. The first-order valence-electron chi connectivity index (χ1n) is 4.65. The summed E-state index contributed by atoms with van der Waals surface area (Å²) in [7, 11) is 3.70. The highest BCUT2D eigenvalue weighted by atomic mass is 16.2. The number of rotatable bonds is 5. The smallest absolute Gasteiger partial charge is 0.243 e. The van der Waals surface area contributed by atoms with Gasteiger partial charge in [-0.15, -0.1) is 0 Å². The lowest BCUT2D eigenvalue weighted by atomic mass is 10.2. The third-order valence-electron chi connectivity index (χ3n) is 2.05. The third kappa shape index (κ3) is 4.94. The van der Waals surface area contributed by atoms with Crippen LogP contribution in [0.3, 0.4) is 0 Å². The Kier molecular flexibility index (Phi) is 6.07. The molecule has 0 saturated carbocycles. The van der Waals surface area contributed by atoms with E-state index in [0.717, 1.165) is 13.1 Å². The second kappa shape index (κ2) is 6.50. The maximum absolute atomic E-state index is 11.4. The second-order valence-corrected chi connectivity index (χ2v) is 3.31. The van der Waals surface area contributed by atoms with Crippen LogP contribution in [-0.4, -0.2) is 49.9 Å². The number of hydrogen-bond donors (Lipinski definition) is 2. The summed E-state index contributed by atoms with van der Waals surface area (Å²) in [5, 5.41) is 5.25. The van der Waals surface area contributed by atoms with Gasteiger partial charge < -0.3 is 5.32 Å². The van der Waals surface area contributed by atoms with E-state index < -0.39 is 0 Å². The molecule has 0 aliphatic carbocycles. The first kappa shape index (κ1) is 13.1. The van der Waals surface area contributed by atoms with Crippen molar-refractivity contribution >= 4 is 11.8 Å². The van der Waals surface area contributed by atoms with Crippen LogP contribution in [0.15, 0.2) is 0 Å². The molecule has 5 heteroatoms. The first-order valence-corrected chi connectivity index (χ1v) is 4.65. The van der Waals surface area contributed by atoms with Gasteiger partial charge in [0.1, 0.15) is 0 Å². The van der Waals surface area contributed by atoms with E-state index in [9.17, 15) is 9.59 Å². The topological polar surface area (TPSA) is 61.4 Å². The molecule has 0 aromatic carbocycles. The summed E-state index contributed by atoms with van der Waals surface area (Å²) in [6.45, 7) is 4.68. The molecule has 0 radical (unpaired) electrons. The Balaban J connectivity index is 3.96. The Morgan fingerprint density at radius 1 is 1.43 bits per heavy atom. The summed E-state index contributed by atoms with van der Waals surface area (Å²) in [5.74, 6) is -0.569. The molecule has 14 heavy (non-hydrogen) atoms. The zero-order valence-electron chi connectivity index (χ0n) is 9.26. The van der Waals surface area contributed by atoms with Gasteiger partial charge in [0.25, 0.3) is 0 Å². The fourth-order valence-corrected chi connectivity index (χ4v) is 0.960. The molecule has 0 rings (SSSR count). The maximum atomic E-state index is 11.4. The quantitative estimate of drug-likeness (QED) is 0.610. The van der Waals surface area contributed by atoms with E-state index in [0.29, 0.717) is 0 Å². The Morgan fingerprint density at radius 3 is 2.43 bits per heavy atom. The summed E-state index contributed by atoms with van der Waals surface area (Å²) < 4.78 is 0. The molecule has 2 amide bonds. The van der Waals surface area contributed by atoms with Gasteiger partial charge in [-0.25, -0.2) is 0 Å². The standard InChI is InChI=1S/C9H19N3O2/c1-7(9(14)11-8(2)13)12(4)6-5-10-3/h7,10H,5-6H2,1-4H3,(H,11,13,14). The van der Waals surface area contributed by atoms with E-state index in [2.05, 4.69) is 10.6 Å². The van der Waals surface area contributed by atoms with Crippen molar-refractivity contribution in [1.29, 1.82) is 0 Å². The molecule has 2 N–H and O–H groups in total. The first-order chi connectivity index (χ1) is 6.49. The summed E-state index contributed by atoms with van der Waals surface area (Å²) in [4.78, 5) is 23.9. The van der Waals surface area contributed by atoms with Crippen molar-refractivity contribution in [3.05, 3.63) is 0 Å². The van der Waals surface area contributed by atoms with E-state index in [1.807, 2.05) is 19.0 Å². The van der Waals surface area contributed by atoms with Gasteiger partial charge in [0.15, 0.2) is 0 Å². The van der Waals surface area contributed by atoms with Gasteiger partial charge in [0, 0.05) is 20.0 Å². The number of amides is 2. The Bertz CT molecular complexity index is 206. The minimum absolute atomic E-state index is 0.254. The van der Waals surface area contributed by atoms with Crippen molar-refractivity contribution in [3.63, 3.8) is 0 Å². The number of carbonyl (C=O) groups is 2. The Labute approximate surface area is 84.8 Å². The Hall–Kier alpha value is -0.940. The van der Waals surface area contributed by atoms with Gasteiger partial charge in [-0.2, -0.15) is 0 Å². The van der Waals surface area contributed by atoms with E-state index in [4.69, 9.17) is 0 Å². The molecule has 0 bridgehead atoms. The van der Waals surface area contributed by atoms with Gasteiger partial charge in [0.2, 0.25) is 11.8 Å². The summed E-state index contributed by atoms with van der Waals surface area (Å²) in [6, 6.07) is -0.285. The number of imide groups is 1. The average molecular weight is 201 g/mol. The molecule has 0 spiro atoms. The Morgan fingerprint density at radius 2 is 2.00 bits per heavy atom. The monoisotopic (exact) mass is 201 g/mol. The molecule has 0 saturated heterocycles. The van der Waals surface area contributed by atoms with Crippen LogP contribution < -0.4 is 10.6 Å². The van der Waals surface area contributed by atoms with E-state index >= 15 is 0 Å². The molecule has 0 fully saturated rings. The molecule has 0 aromatic rings. The van der Waals surface area contributed by atoms with Crippen LogP contribution in [0.4, 0.5) is 0 Å².